The fourth-order valence-corrected chi connectivity index (χ4v) is 2.77. The predicted octanol–water partition coefficient (Wildman–Crippen LogP) is 7.37. The Hall–Kier alpha value is 0. The van der Waals surface area contributed by atoms with Gasteiger partial charge in [0.2, 0.25) is 0 Å². The normalized spacial score (nSPS) is 14.5. The van der Waals surface area contributed by atoms with E-state index in [9.17, 15) is 0 Å². The molecule has 0 aromatic carbocycles. The number of unbranched alkanes of at least 4 members (excludes halogenated alkanes) is 7. The highest BCUT2D eigenvalue weighted by Gasteiger charge is 2.01. The second-order valence-electron chi connectivity index (χ2n) is 6.81. The van der Waals surface area contributed by atoms with Gasteiger partial charge in [-0.2, -0.15) is 0 Å². The quantitative estimate of drug-likeness (QED) is 0.288. The van der Waals surface area contributed by atoms with Gasteiger partial charge in [-0.15, -0.1) is 0 Å². The maximum Gasteiger partial charge on any atom is -0.0443 e. The third-order valence-electron chi connectivity index (χ3n) is 4.64. The second-order valence-corrected chi connectivity index (χ2v) is 6.81. The van der Waals surface area contributed by atoms with Gasteiger partial charge in [-0.05, 0) is 11.8 Å². The van der Waals surface area contributed by atoms with Crippen molar-refractivity contribution >= 4 is 0 Å². The molecule has 0 heteroatoms. The van der Waals surface area contributed by atoms with Gasteiger partial charge < -0.3 is 0 Å². The molecule has 0 heterocycles. The van der Waals surface area contributed by atoms with E-state index in [4.69, 9.17) is 0 Å². The van der Waals surface area contributed by atoms with E-state index >= 15 is 0 Å². The third kappa shape index (κ3) is 14.2. The van der Waals surface area contributed by atoms with Crippen LogP contribution in [0.1, 0.15) is 111 Å². The molecule has 0 bridgehead atoms. The molecule has 0 aromatic heterocycles. The van der Waals surface area contributed by atoms with E-state index in [1.165, 1.54) is 83.5 Å². The maximum atomic E-state index is 2.44. The summed E-state index contributed by atoms with van der Waals surface area (Å²) in [4.78, 5) is 0. The van der Waals surface area contributed by atoms with Crippen molar-refractivity contribution in [3.8, 4) is 0 Å². The number of rotatable bonds is 14. The molecule has 0 radical (unpaired) electrons. The highest BCUT2D eigenvalue weighted by Crippen LogP contribution is 2.18. The summed E-state index contributed by atoms with van der Waals surface area (Å²) in [7, 11) is 0. The van der Waals surface area contributed by atoms with Crippen LogP contribution in [0.3, 0.4) is 0 Å². The van der Waals surface area contributed by atoms with Crippen LogP contribution in [0.15, 0.2) is 0 Å². The molecule has 0 fully saturated rings. The minimum atomic E-state index is 0.949. The van der Waals surface area contributed by atoms with E-state index in [0.29, 0.717) is 0 Å². The van der Waals surface area contributed by atoms with Crippen LogP contribution in [0.4, 0.5) is 0 Å². The van der Waals surface area contributed by atoms with Crippen LogP contribution in [-0.2, 0) is 0 Å². The summed E-state index contributed by atoms with van der Waals surface area (Å²) in [6, 6.07) is 0. The van der Waals surface area contributed by atoms with Crippen molar-refractivity contribution in [3.63, 3.8) is 0 Å². The summed E-state index contributed by atoms with van der Waals surface area (Å²) < 4.78 is 0. The Morgan fingerprint density at radius 3 is 1.42 bits per heavy atom. The lowest BCUT2D eigenvalue weighted by Crippen LogP contribution is -1.94. The van der Waals surface area contributed by atoms with Gasteiger partial charge in [-0.3, -0.25) is 0 Å². The molecule has 19 heavy (non-hydrogen) atoms. The van der Waals surface area contributed by atoms with Gasteiger partial charge in [0.15, 0.2) is 0 Å². The maximum absolute atomic E-state index is 2.44. The monoisotopic (exact) mass is 268 g/mol. The zero-order valence-electron chi connectivity index (χ0n) is 14.3. The van der Waals surface area contributed by atoms with Gasteiger partial charge in [0.25, 0.3) is 0 Å². The van der Waals surface area contributed by atoms with Crippen LogP contribution in [-0.4, -0.2) is 0 Å². The molecule has 0 spiro atoms. The van der Waals surface area contributed by atoms with Crippen molar-refractivity contribution in [1.29, 1.82) is 0 Å². The van der Waals surface area contributed by atoms with Crippen molar-refractivity contribution in [1.82, 2.24) is 0 Å². The van der Waals surface area contributed by atoms with Gasteiger partial charge in [0.05, 0.1) is 0 Å². The Kier molecular flexibility index (Phi) is 14.4. The average Bonchev–Trinajstić information content (AvgIpc) is 2.42. The fourth-order valence-electron chi connectivity index (χ4n) is 2.77. The van der Waals surface area contributed by atoms with Gasteiger partial charge in [0, 0.05) is 0 Å². The summed E-state index contributed by atoms with van der Waals surface area (Å²) >= 11 is 0. The molecule has 0 aromatic rings. The Morgan fingerprint density at radius 2 is 0.947 bits per heavy atom. The van der Waals surface area contributed by atoms with Crippen LogP contribution in [0.2, 0.25) is 0 Å². The SMILES string of the molecule is CCCC[C@@H](C)CCCCCCCCC[C@H](C)CC. The highest BCUT2D eigenvalue weighted by atomic mass is 14.1. The van der Waals surface area contributed by atoms with Crippen LogP contribution in [0.5, 0.6) is 0 Å². The molecule has 0 unspecified atom stereocenters. The van der Waals surface area contributed by atoms with Crippen LogP contribution >= 0.6 is 0 Å². The number of hydrogen-bond donors (Lipinski definition) is 0. The zero-order chi connectivity index (χ0) is 14.3. The summed E-state index contributed by atoms with van der Waals surface area (Å²) in [5.41, 5.74) is 0. The fraction of sp³-hybridized carbons (Fsp3) is 1.00. The molecular weight excluding hydrogens is 228 g/mol. The van der Waals surface area contributed by atoms with E-state index in [1.54, 1.807) is 0 Å². The van der Waals surface area contributed by atoms with Gasteiger partial charge >= 0.3 is 0 Å². The minimum Gasteiger partial charge on any atom is -0.0654 e. The van der Waals surface area contributed by atoms with Gasteiger partial charge in [0.1, 0.15) is 0 Å². The summed E-state index contributed by atoms with van der Waals surface area (Å²) in [6.07, 6.45) is 18.8. The third-order valence-corrected chi connectivity index (χ3v) is 4.64. The summed E-state index contributed by atoms with van der Waals surface area (Å²) in [5, 5.41) is 0. The van der Waals surface area contributed by atoms with E-state index in [-0.39, 0.29) is 0 Å². The lowest BCUT2D eigenvalue weighted by Gasteiger charge is -2.10. The van der Waals surface area contributed by atoms with Crippen LogP contribution in [0.25, 0.3) is 0 Å². The molecular formula is C19H40. The molecule has 0 aliphatic rings. The standard InChI is InChI=1S/C19H40/c1-5-7-15-19(4)17-14-12-10-8-9-11-13-16-18(3)6-2/h18-19H,5-17H2,1-4H3/t18-,19-/m1/s1. The number of hydrogen-bond acceptors (Lipinski definition) is 0. The summed E-state index contributed by atoms with van der Waals surface area (Å²) in [6.45, 7) is 9.43. The second kappa shape index (κ2) is 14.4. The lowest BCUT2D eigenvalue weighted by atomic mass is 9.96. The Balaban J connectivity index is 3.10. The minimum absolute atomic E-state index is 0.949. The molecule has 116 valence electrons. The summed E-state index contributed by atoms with van der Waals surface area (Å²) in [5.74, 6) is 1.92. The first-order valence-electron chi connectivity index (χ1n) is 9.20. The molecule has 0 aliphatic heterocycles. The molecule has 2 atom stereocenters. The van der Waals surface area contributed by atoms with Crippen molar-refractivity contribution < 1.29 is 0 Å². The largest absolute Gasteiger partial charge is 0.0654 e. The van der Waals surface area contributed by atoms with Crippen LogP contribution in [0, 0.1) is 11.8 Å². The first-order valence-corrected chi connectivity index (χ1v) is 9.20. The van der Waals surface area contributed by atoms with Gasteiger partial charge in [-0.1, -0.05) is 111 Å². The molecule has 0 N–H and O–H groups in total. The van der Waals surface area contributed by atoms with E-state index < -0.39 is 0 Å². The molecule has 0 aliphatic carbocycles. The first kappa shape index (κ1) is 19.0. The van der Waals surface area contributed by atoms with Crippen LogP contribution < -0.4 is 0 Å². The molecule has 0 rings (SSSR count). The first-order chi connectivity index (χ1) is 9.20. The van der Waals surface area contributed by atoms with Crippen molar-refractivity contribution in [2.24, 2.45) is 11.8 Å². The van der Waals surface area contributed by atoms with Gasteiger partial charge in [-0.25, -0.2) is 0 Å². The molecule has 0 amide bonds. The smallest absolute Gasteiger partial charge is 0.0443 e. The van der Waals surface area contributed by atoms with E-state index in [0.717, 1.165) is 11.8 Å². The van der Waals surface area contributed by atoms with Crippen molar-refractivity contribution in [2.45, 2.75) is 111 Å². The van der Waals surface area contributed by atoms with Crippen molar-refractivity contribution in [3.05, 3.63) is 0 Å². The highest BCUT2D eigenvalue weighted by molar-refractivity contribution is 4.55. The lowest BCUT2D eigenvalue weighted by molar-refractivity contribution is 0.437. The van der Waals surface area contributed by atoms with E-state index in [2.05, 4.69) is 27.7 Å². The Morgan fingerprint density at radius 1 is 0.526 bits per heavy atom. The van der Waals surface area contributed by atoms with Crippen molar-refractivity contribution in [2.75, 3.05) is 0 Å². The molecule has 0 saturated carbocycles. The topological polar surface area (TPSA) is 0 Å². The Bertz CT molecular complexity index is 161. The molecule has 0 nitrogen and oxygen atoms in total. The zero-order valence-corrected chi connectivity index (χ0v) is 14.3. The molecule has 0 saturated heterocycles. The predicted molar refractivity (Wildman–Crippen MR) is 89.7 cm³/mol. The Labute approximate surface area is 123 Å². The van der Waals surface area contributed by atoms with E-state index in [1.807, 2.05) is 0 Å². The average molecular weight is 269 g/mol.